The molecule has 21 heavy (non-hydrogen) atoms. The van der Waals surface area contributed by atoms with Crippen LogP contribution < -0.4 is 5.32 Å². The van der Waals surface area contributed by atoms with Crippen LogP contribution in [0.25, 0.3) is 0 Å². The van der Waals surface area contributed by atoms with Crippen LogP contribution in [0.3, 0.4) is 0 Å². The second-order valence-corrected chi connectivity index (χ2v) is 5.85. The fourth-order valence-electron chi connectivity index (χ4n) is 3.07. The first-order chi connectivity index (χ1) is 10.3. The van der Waals surface area contributed by atoms with E-state index in [9.17, 15) is 4.79 Å². The van der Waals surface area contributed by atoms with Crippen LogP contribution in [0.5, 0.6) is 0 Å². The van der Waals surface area contributed by atoms with Gasteiger partial charge in [0.1, 0.15) is 0 Å². The van der Waals surface area contributed by atoms with Crippen LogP contribution in [0.2, 0.25) is 0 Å². The van der Waals surface area contributed by atoms with Crippen molar-refractivity contribution in [3.8, 4) is 0 Å². The van der Waals surface area contributed by atoms with E-state index in [-0.39, 0.29) is 5.91 Å². The normalized spacial score (nSPS) is 20.3. The van der Waals surface area contributed by atoms with Crippen molar-refractivity contribution in [3.63, 3.8) is 0 Å². The third-order valence-electron chi connectivity index (χ3n) is 4.26. The van der Waals surface area contributed by atoms with Crippen LogP contribution in [0.1, 0.15) is 42.5 Å². The first-order valence-electron chi connectivity index (χ1n) is 7.91. The first kappa shape index (κ1) is 14.3. The summed E-state index contributed by atoms with van der Waals surface area (Å²) in [7, 11) is 0. The maximum atomic E-state index is 12.4. The van der Waals surface area contributed by atoms with Gasteiger partial charge < -0.3 is 15.0 Å². The van der Waals surface area contributed by atoms with Gasteiger partial charge in [-0.3, -0.25) is 9.78 Å². The van der Waals surface area contributed by atoms with Gasteiger partial charge in [0, 0.05) is 31.5 Å². The van der Waals surface area contributed by atoms with Crippen LogP contribution in [0, 0.1) is 0 Å². The van der Waals surface area contributed by atoms with Gasteiger partial charge in [0.2, 0.25) is 0 Å². The number of aromatic nitrogens is 1. The molecule has 114 valence electrons. The zero-order chi connectivity index (χ0) is 14.5. The Hall–Kier alpha value is -1.62. The van der Waals surface area contributed by atoms with E-state index in [4.69, 9.17) is 4.74 Å². The molecule has 5 heteroatoms. The minimum Gasteiger partial charge on any atom is -0.381 e. The number of hydrogen-bond acceptors (Lipinski definition) is 4. The maximum Gasteiger partial charge on any atom is 0.255 e. The monoisotopic (exact) mass is 289 g/mol. The molecular formula is C16H23N3O2. The van der Waals surface area contributed by atoms with Gasteiger partial charge in [-0.05, 0) is 18.9 Å². The summed E-state index contributed by atoms with van der Waals surface area (Å²) in [4.78, 5) is 18.5. The molecule has 5 nitrogen and oxygen atoms in total. The van der Waals surface area contributed by atoms with E-state index >= 15 is 0 Å². The van der Waals surface area contributed by atoms with Gasteiger partial charge >= 0.3 is 0 Å². The van der Waals surface area contributed by atoms with Gasteiger partial charge in [-0.1, -0.05) is 19.3 Å². The molecule has 1 aliphatic heterocycles. The molecule has 0 radical (unpaired) electrons. The molecule has 0 bridgehead atoms. The topological polar surface area (TPSA) is 54.5 Å². The number of rotatable bonds is 3. The SMILES string of the molecule is O=C(c1cncc(NC2CCCCC2)c1)N1CCOCC1. The first-order valence-corrected chi connectivity index (χ1v) is 7.91. The lowest BCUT2D eigenvalue weighted by atomic mass is 9.95. The summed E-state index contributed by atoms with van der Waals surface area (Å²) in [6.45, 7) is 2.58. The number of carbonyl (C=O) groups is 1. The van der Waals surface area contributed by atoms with Crippen molar-refractivity contribution in [1.82, 2.24) is 9.88 Å². The molecule has 1 saturated carbocycles. The van der Waals surface area contributed by atoms with Gasteiger partial charge in [-0.2, -0.15) is 0 Å². The van der Waals surface area contributed by atoms with E-state index in [0.717, 1.165) is 5.69 Å². The average molecular weight is 289 g/mol. The third kappa shape index (κ3) is 3.73. The van der Waals surface area contributed by atoms with Crippen molar-refractivity contribution < 1.29 is 9.53 Å². The van der Waals surface area contributed by atoms with Crippen molar-refractivity contribution in [2.45, 2.75) is 38.1 Å². The Morgan fingerprint density at radius 2 is 1.95 bits per heavy atom. The molecule has 1 aromatic rings. The van der Waals surface area contributed by atoms with E-state index < -0.39 is 0 Å². The summed E-state index contributed by atoms with van der Waals surface area (Å²) in [5, 5.41) is 3.52. The van der Waals surface area contributed by atoms with Gasteiger partial charge in [-0.25, -0.2) is 0 Å². The van der Waals surface area contributed by atoms with Crippen LogP contribution in [0.15, 0.2) is 18.5 Å². The molecule has 1 amide bonds. The molecule has 1 N–H and O–H groups in total. The Kier molecular flexibility index (Phi) is 4.70. The summed E-state index contributed by atoms with van der Waals surface area (Å²) in [5.74, 6) is 0.0538. The van der Waals surface area contributed by atoms with Crippen LogP contribution in [0.4, 0.5) is 5.69 Å². The molecule has 1 aliphatic carbocycles. The fraction of sp³-hybridized carbons (Fsp3) is 0.625. The second kappa shape index (κ2) is 6.89. The molecule has 2 heterocycles. The Balaban J connectivity index is 1.65. The van der Waals surface area contributed by atoms with Gasteiger partial charge in [0.25, 0.3) is 5.91 Å². The summed E-state index contributed by atoms with van der Waals surface area (Å²) in [5.41, 5.74) is 1.62. The fourth-order valence-corrected chi connectivity index (χ4v) is 3.07. The Morgan fingerprint density at radius 1 is 1.19 bits per heavy atom. The molecule has 2 fully saturated rings. The van der Waals surface area contributed by atoms with Crippen molar-refractivity contribution >= 4 is 11.6 Å². The summed E-state index contributed by atoms with van der Waals surface area (Å²) in [6.07, 6.45) is 9.80. The highest BCUT2D eigenvalue weighted by Gasteiger charge is 2.19. The minimum atomic E-state index is 0.0538. The average Bonchev–Trinajstić information content (AvgIpc) is 2.56. The molecule has 0 spiro atoms. The smallest absolute Gasteiger partial charge is 0.255 e. The lowest BCUT2D eigenvalue weighted by Gasteiger charge is -2.27. The quantitative estimate of drug-likeness (QED) is 0.927. The molecule has 2 aliphatic rings. The molecule has 1 saturated heterocycles. The summed E-state index contributed by atoms with van der Waals surface area (Å²) < 4.78 is 5.29. The molecule has 1 aromatic heterocycles. The van der Waals surface area contributed by atoms with Crippen molar-refractivity contribution in [2.75, 3.05) is 31.6 Å². The van der Waals surface area contributed by atoms with E-state index in [1.54, 1.807) is 6.20 Å². The Bertz CT molecular complexity index is 480. The van der Waals surface area contributed by atoms with E-state index in [1.807, 2.05) is 17.2 Å². The number of anilines is 1. The summed E-state index contributed by atoms with van der Waals surface area (Å²) in [6, 6.07) is 2.45. The molecule has 3 rings (SSSR count). The molecule has 0 unspecified atom stereocenters. The van der Waals surface area contributed by atoms with E-state index in [0.29, 0.717) is 37.9 Å². The van der Waals surface area contributed by atoms with Gasteiger partial charge in [0.15, 0.2) is 0 Å². The van der Waals surface area contributed by atoms with Crippen LogP contribution >= 0.6 is 0 Å². The Labute approximate surface area is 125 Å². The lowest BCUT2D eigenvalue weighted by molar-refractivity contribution is 0.0302. The highest BCUT2D eigenvalue weighted by atomic mass is 16.5. The zero-order valence-corrected chi connectivity index (χ0v) is 12.4. The Morgan fingerprint density at radius 3 is 2.71 bits per heavy atom. The lowest BCUT2D eigenvalue weighted by Crippen LogP contribution is -2.40. The number of nitrogens with zero attached hydrogens (tertiary/aromatic N) is 2. The summed E-state index contributed by atoms with van der Waals surface area (Å²) >= 11 is 0. The highest BCUT2D eigenvalue weighted by Crippen LogP contribution is 2.22. The standard InChI is InChI=1S/C16H23N3O2/c20-16(19-6-8-21-9-7-19)13-10-15(12-17-11-13)18-14-4-2-1-3-5-14/h10-12,14,18H,1-9H2. The molecular weight excluding hydrogens is 266 g/mol. The minimum absolute atomic E-state index is 0.0538. The second-order valence-electron chi connectivity index (χ2n) is 5.85. The number of pyridine rings is 1. The van der Waals surface area contributed by atoms with Gasteiger partial charge in [-0.15, -0.1) is 0 Å². The van der Waals surface area contributed by atoms with Crippen molar-refractivity contribution in [3.05, 3.63) is 24.0 Å². The predicted octanol–water partition coefficient (Wildman–Crippen LogP) is 2.30. The highest BCUT2D eigenvalue weighted by molar-refractivity contribution is 5.94. The largest absolute Gasteiger partial charge is 0.381 e. The number of carbonyl (C=O) groups excluding carboxylic acids is 1. The number of morpholine rings is 1. The van der Waals surface area contributed by atoms with Crippen molar-refractivity contribution in [1.29, 1.82) is 0 Å². The predicted molar refractivity (Wildman–Crippen MR) is 81.5 cm³/mol. The van der Waals surface area contributed by atoms with Crippen LogP contribution in [-0.2, 0) is 4.74 Å². The number of ether oxygens (including phenoxy) is 1. The zero-order valence-electron chi connectivity index (χ0n) is 12.4. The van der Waals surface area contributed by atoms with E-state index in [1.165, 1.54) is 32.1 Å². The third-order valence-corrected chi connectivity index (χ3v) is 4.26. The molecule has 0 aromatic carbocycles. The number of nitrogens with one attached hydrogen (secondary N) is 1. The maximum absolute atomic E-state index is 12.4. The van der Waals surface area contributed by atoms with Crippen LogP contribution in [-0.4, -0.2) is 48.1 Å². The van der Waals surface area contributed by atoms with Gasteiger partial charge in [0.05, 0.1) is 24.5 Å². The number of amides is 1. The number of hydrogen-bond donors (Lipinski definition) is 1. The molecule has 0 atom stereocenters. The van der Waals surface area contributed by atoms with E-state index in [2.05, 4.69) is 10.3 Å². The van der Waals surface area contributed by atoms with Crippen molar-refractivity contribution in [2.24, 2.45) is 0 Å².